The van der Waals surface area contributed by atoms with Crippen molar-refractivity contribution >= 4 is 11.5 Å². The molecule has 1 aromatic carbocycles. The lowest BCUT2D eigenvalue weighted by Gasteiger charge is -2.30. The molecule has 1 aliphatic rings. The number of benzene rings is 1. The van der Waals surface area contributed by atoms with Crippen LogP contribution in [0.4, 0.5) is 5.69 Å². The van der Waals surface area contributed by atoms with Crippen LogP contribution in [0.5, 0.6) is 0 Å². The molecule has 2 rings (SSSR count). The monoisotopic (exact) mass is 191 g/mol. The molecular weight excluding hydrogens is 178 g/mol. The van der Waals surface area contributed by atoms with Crippen LogP contribution in [-0.2, 0) is 4.79 Å². The van der Waals surface area contributed by atoms with Gasteiger partial charge in [-0.2, -0.15) is 0 Å². The molecule has 0 unspecified atom stereocenters. The van der Waals surface area contributed by atoms with E-state index in [9.17, 15) is 9.90 Å². The Bertz CT molecular complexity index is 323. The molecule has 1 heterocycles. The summed E-state index contributed by atoms with van der Waals surface area (Å²) in [7, 11) is 0. The topological polar surface area (TPSA) is 40.5 Å². The third-order valence-corrected chi connectivity index (χ3v) is 2.51. The number of rotatable bonds is 1. The molecule has 0 aliphatic carbocycles. The summed E-state index contributed by atoms with van der Waals surface area (Å²) >= 11 is 0. The van der Waals surface area contributed by atoms with Gasteiger partial charge in [0.25, 0.3) is 0 Å². The van der Waals surface area contributed by atoms with E-state index in [0.717, 1.165) is 5.69 Å². The number of hydrogen-bond donors (Lipinski definition) is 1. The lowest BCUT2D eigenvalue weighted by molar-refractivity contribution is -0.127. The summed E-state index contributed by atoms with van der Waals surface area (Å²) in [5, 5.41) is 9.42. The smallest absolute Gasteiger partial charge is 0.164 e. The molecule has 0 amide bonds. The highest BCUT2D eigenvalue weighted by Gasteiger charge is 2.24. The van der Waals surface area contributed by atoms with E-state index in [1.54, 1.807) is 0 Å². The van der Waals surface area contributed by atoms with Crippen molar-refractivity contribution in [2.45, 2.75) is 12.5 Å². The quantitative estimate of drug-likeness (QED) is 0.714. The number of carbonyl (C=O) groups excluding carboxylic acids is 1. The first-order chi connectivity index (χ1) is 6.77. The van der Waals surface area contributed by atoms with E-state index in [1.807, 2.05) is 35.2 Å². The van der Waals surface area contributed by atoms with Gasteiger partial charge in [0.2, 0.25) is 0 Å². The van der Waals surface area contributed by atoms with Crippen molar-refractivity contribution in [3.63, 3.8) is 0 Å². The molecule has 74 valence electrons. The predicted molar refractivity (Wildman–Crippen MR) is 54.3 cm³/mol. The summed E-state index contributed by atoms with van der Waals surface area (Å²) in [6.45, 7) is 1.13. The molecule has 0 radical (unpaired) electrons. The molecular formula is C11H13NO2. The highest BCUT2D eigenvalue weighted by Crippen LogP contribution is 2.17. The third-order valence-electron chi connectivity index (χ3n) is 2.51. The SMILES string of the molecule is O=C1CCN(c2ccccc2)C[C@@H]1O. The number of aliphatic hydroxyl groups is 1. The number of carbonyl (C=O) groups is 1. The number of ketones is 1. The van der Waals surface area contributed by atoms with Crippen LogP contribution in [0, 0.1) is 0 Å². The maximum Gasteiger partial charge on any atom is 0.164 e. The lowest BCUT2D eigenvalue weighted by Crippen LogP contribution is -2.44. The molecule has 0 spiro atoms. The van der Waals surface area contributed by atoms with E-state index in [4.69, 9.17) is 0 Å². The van der Waals surface area contributed by atoms with Crippen LogP contribution in [0.3, 0.4) is 0 Å². The first kappa shape index (κ1) is 9.21. The minimum Gasteiger partial charge on any atom is -0.383 e. The molecule has 1 atom stereocenters. The number of nitrogens with zero attached hydrogens (tertiary/aromatic N) is 1. The Labute approximate surface area is 83.0 Å². The predicted octanol–water partition coefficient (Wildman–Crippen LogP) is 0.827. The van der Waals surface area contributed by atoms with Crippen LogP contribution in [0.2, 0.25) is 0 Å². The Morgan fingerprint density at radius 3 is 2.64 bits per heavy atom. The van der Waals surface area contributed by atoms with Crippen LogP contribution >= 0.6 is 0 Å². The zero-order chi connectivity index (χ0) is 9.97. The van der Waals surface area contributed by atoms with Crippen molar-refractivity contribution in [1.82, 2.24) is 0 Å². The van der Waals surface area contributed by atoms with Gasteiger partial charge in [0.1, 0.15) is 6.10 Å². The Morgan fingerprint density at radius 2 is 2.00 bits per heavy atom. The minimum atomic E-state index is -0.816. The van der Waals surface area contributed by atoms with E-state index in [0.29, 0.717) is 19.5 Å². The van der Waals surface area contributed by atoms with Gasteiger partial charge in [0.05, 0.1) is 6.54 Å². The van der Waals surface area contributed by atoms with Crippen molar-refractivity contribution in [2.24, 2.45) is 0 Å². The number of hydrogen-bond acceptors (Lipinski definition) is 3. The molecule has 3 heteroatoms. The fourth-order valence-corrected chi connectivity index (χ4v) is 1.69. The summed E-state index contributed by atoms with van der Waals surface area (Å²) in [6.07, 6.45) is -0.375. The lowest BCUT2D eigenvalue weighted by atomic mass is 10.1. The number of para-hydroxylation sites is 1. The molecule has 0 bridgehead atoms. The third kappa shape index (κ3) is 1.77. The van der Waals surface area contributed by atoms with Gasteiger partial charge in [-0.05, 0) is 12.1 Å². The first-order valence-corrected chi connectivity index (χ1v) is 4.78. The molecule has 1 aliphatic heterocycles. The second-order valence-electron chi connectivity index (χ2n) is 3.51. The van der Waals surface area contributed by atoms with Crippen LogP contribution < -0.4 is 4.90 Å². The fraction of sp³-hybridized carbons (Fsp3) is 0.364. The second-order valence-corrected chi connectivity index (χ2v) is 3.51. The summed E-state index contributed by atoms with van der Waals surface area (Å²) < 4.78 is 0. The molecule has 1 saturated heterocycles. The number of β-amino-alcohol motifs (C(OH)–C–C–N with tert-alkyl or cyclic N) is 1. The fourth-order valence-electron chi connectivity index (χ4n) is 1.69. The van der Waals surface area contributed by atoms with Gasteiger partial charge in [-0.1, -0.05) is 18.2 Å². The number of Topliss-reactive ketones (excluding diaryl/α,β-unsaturated/α-hetero) is 1. The van der Waals surface area contributed by atoms with Gasteiger partial charge >= 0.3 is 0 Å². The standard InChI is InChI=1S/C11H13NO2/c13-10-6-7-12(8-11(10)14)9-4-2-1-3-5-9/h1-5,11,14H,6-8H2/t11-/m0/s1. The summed E-state index contributed by atoms with van der Waals surface area (Å²) in [6, 6.07) is 9.84. The zero-order valence-corrected chi connectivity index (χ0v) is 7.89. The Hall–Kier alpha value is -1.35. The summed E-state index contributed by atoms with van der Waals surface area (Å²) in [5.41, 5.74) is 1.07. The van der Waals surface area contributed by atoms with Crippen molar-refractivity contribution in [3.8, 4) is 0 Å². The normalized spacial score (nSPS) is 22.5. The van der Waals surface area contributed by atoms with Crippen molar-refractivity contribution in [2.75, 3.05) is 18.0 Å². The van der Waals surface area contributed by atoms with Crippen LogP contribution in [-0.4, -0.2) is 30.1 Å². The van der Waals surface area contributed by atoms with Crippen LogP contribution in [0.15, 0.2) is 30.3 Å². The number of piperidine rings is 1. The number of aliphatic hydroxyl groups excluding tert-OH is 1. The van der Waals surface area contributed by atoms with Crippen molar-refractivity contribution in [3.05, 3.63) is 30.3 Å². The van der Waals surface area contributed by atoms with E-state index >= 15 is 0 Å². The maximum absolute atomic E-state index is 11.1. The molecule has 1 aromatic rings. The summed E-state index contributed by atoms with van der Waals surface area (Å²) in [4.78, 5) is 13.1. The molecule has 1 N–H and O–H groups in total. The van der Waals surface area contributed by atoms with Crippen molar-refractivity contribution < 1.29 is 9.90 Å². The van der Waals surface area contributed by atoms with Gasteiger partial charge in [0.15, 0.2) is 5.78 Å². The van der Waals surface area contributed by atoms with Gasteiger partial charge in [-0.15, -0.1) is 0 Å². The minimum absolute atomic E-state index is 0.0443. The molecule has 3 nitrogen and oxygen atoms in total. The van der Waals surface area contributed by atoms with E-state index in [-0.39, 0.29) is 5.78 Å². The highest BCUT2D eigenvalue weighted by molar-refractivity contribution is 5.85. The van der Waals surface area contributed by atoms with Gasteiger partial charge in [-0.25, -0.2) is 0 Å². The van der Waals surface area contributed by atoms with E-state index < -0.39 is 6.10 Å². The summed E-state index contributed by atoms with van der Waals surface area (Å²) in [5.74, 6) is -0.0443. The maximum atomic E-state index is 11.1. The van der Waals surface area contributed by atoms with Crippen molar-refractivity contribution in [1.29, 1.82) is 0 Å². The number of anilines is 1. The van der Waals surface area contributed by atoms with Crippen LogP contribution in [0.1, 0.15) is 6.42 Å². The van der Waals surface area contributed by atoms with E-state index in [2.05, 4.69) is 0 Å². The average molecular weight is 191 g/mol. The van der Waals surface area contributed by atoms with Gasteiger partial charge < -0.3 is 10.0 Å². The molecule has 14 heavy (non-hydrogen) atoms. The Morgan fingerprint density at radius 1 is 1.29 bits per heavy atom. The largest absolute Gasteiger partial charge is 0.383 e. The highest BCUT2D eigenvalue weighted by atomic mass is 16.3. The molecule has 0 saturated carbocycles. The second kappa shape index (κ2) is 3.80. The Balaban J connectivity index is 2.11. The van der Waals surface area contributed by atoms with Gasteiger partial charge in [0, 0.05) is 18.7 Å². The first-order valence-electron chi connectivity index (χ1n) is 4.78. The molecule has 1 fully saturated rings. The van der Waals surface area contributed by atoms with E-state index in [1.165, 1.54) is 0 Å². The Kier molecular flexibility index (Phi) is 2.50. The average Bonchev–Trinajstić information content (AvgIpc) is 2.23. The van der Waals surface area contributed by atoms with Gasteiger partial charge in [-0.3, -0.25) is 4.79 Å². The molecule has 0 aromatic heterocycles. The zero-order valence-electron chi connectivity index (χ0n) is 7.89. The van der Waals surface area contributed by atoms with Crippen LogP contribution in [0.25, 0.3) is 0 Å².